The van der Waals surface area contributed by atoms with Gasteiger partial charge in [-0.3, -0.25) is 0 Å². The molecule has 0 spiro atoms. The Morgan fingerprint density at radius 1 is 1.62 bits per heavy atom. The molecular formula is C9H11NS3. The first kappa shape index (κ1) is 11.0. The summed E-state index contributed by atoms with van der Waals surface area (Å²) in [4.78, 5) is 4.44. The summed E-state index contributed by atoms with van der Waals surface area (Å²) >= 11 is 4.06. The van der Waals surface area contributed by atoms with Crippen LogP contribution in [0.25, 0.3) is 0 Å². The quantitative estimate of drug-likeness (QED) is 0.479. The van der Waals surface area contributed by atoms with Crippen LogP contribution in [0.3, 0.4) is 0 Å². The van der Waals surface area contributed by atoms with Crippen LogP contribution in [0.5, 0.6) is 0 Å². The Hall–Kier alpha value is -0.0600. The molecule has 0 amide bonds. The third-order valence-corrected chi connectivity index (χ3v) is 3.27. The number of hydrogen-bond donors (Lipinski definition) is 1. The lowest BCUT2D eigenvalue weighted by Gasteiger charge is -2.01. The molecule has 0 aliphatic carbocycles. The van der Waals surface area contributed by atoms with E-state index in [9.17, 15) is 0 Å². The van der Waals surface area contributed by atoms with Gasteiger partial charge in [-0.2, -0.15) is 0 Å². The van der Waals surface area contributed by atoms with Gasteiger partial charge in [-0.15, -0.1) is 0 Å². The molecule has 13 heavy (non-hydrogen) atoms. The zero-order valence-electron chi connectivity index (χ0n) is 7.36. The van der Waals surface area contributed by atoms with Crippen LogP contribution in [0.1, 0.15) is 12.6 Å². The summed E-state index contributed by atoms with van der Waals surface area (Å²) in [5, 5.41) is 0.999. The molecule has 0 unspecified atom stereocenters. The first-order valence-electron chi connectivity index (χ1n) is 3.81. The number of aromatic nitrogens is 1. The Morgan fingerprint density at radius 2 is 2.38 bits per heavy atom. The smallest absolute Gasteiger partial charge is 0.108 e. The minimum absolute atomic E-state index is 0.853. The molecule has 0 bridgehead atoms. The van der Waals surface area contributed by atoms with E-state index in [0.29, 0.717) is 0 Å². The lowest BCUT2D eigenvalue weighted by atomic mass is 10.2. The highest BCUT2D eigenvalue weighted by molar-refractivity contribution is 9.05. The van der Waals surface area contributed by atoms with E-state index in [0.717, 1.165) is 22.7 Å². The summed E-state index contributed by atoms with van der Waals surface area (Å²) in [7, 11) is 2.97. The highest BCUT2D eigenvalue weighted by Crippen LogP contribution is 2.31. The fraction of sp³-hybridized carbons (Fsp3) is 0.222. The molecule has 0 N–H and O–H groups in total. The fourth-order valence-corrected chi connectivity index (χ4v) is 2.51. The van der Waals surface area contributed by atoms with Crippen LogP contribution < -0.4 is 0 Å². The molecule has 1 aromatic rings. The van der Waals surface area contributed by atoms with Crippen molar-refractivity contribution in [2.75, 3.05) is 0 Å². The van der Waals surface area contributed by atoms with Gasteiger partial charge in [-0.25, -0.2) is 4.98 Å². The topological polar surface area (TPSA) is 12.9 Å². The van der Waals surface area contributed by atoms with E-state index >= 15 is 0 Å². The molecule has 1 heterocycles. The maximum absolute atomic E-state index is 4.44. The van der Waals surface area contributed by atoms with Gasteiger partial charge in [0.05, 0.1) is 0 Å². The van der Waals surface area contributed by atoms with Gasteiger partial charge >= 0.3 is 0 Å². The zero-order chi connectivity index (χ0) is 9.68. The first-order chi connectivity index (χ1) is 6.22. The third kappa shape index (κ3) is 4.11. The van der Waals surface area contributed by atoms with Crippen molar-refractivity contribution < 1.29 is 0 Å². The molecule has 0 aliphatic heterocycles. The molecule has 0 aromatic carbocycles. The fourth-order valence-electron chi connectivity index (χ4n) is 0.950. The molecule has 4 heteroatoms. The van der Waals surface area contributed by atoms with Crippen LogP contribution in [0.15, 0.2) is 35.4 Å². The SMILES string of the molecule is C=C(C)Cc1cccc(SSS)n1. The van der Waals surface area contributed by atoms with Crippen molar-refractivity contribution in [2.45, 2.75) is 18.4 Å². The first-order valence-corrected chi connectivity index (χ1v) is 7.01. The number of pyridine rings is 1. The normalized spacial score (nSPS) is 10.0. The monoisotopic (exact) mass is 229 g/mol. The summed E-state index contributed by atoms with van der Waals surface area (Å²) in [6.07, 6.45) is 0.853. The summed E-state index contributed by atoms with van der Waals surface area (Å²) in [5.74, 6) is 0. The Morgan fingerprint density at radius 3 is 3.00 bits per heavy atom. The molecule has 0 atom stereocenters. The summed E-state index contributed by atoms with van der Waals surface area (Å²) in [6, 6.07) is 6.01. The Bertz CT molecular complexity index is 299. The van der Waals surface area contributed by atoms with Gasteiger partial charge < -0.3 is 0 Å². The van der Waals surface area contributed by atoms with Gasteiger partial charge in [0, 0.05) is 12.1 Å². The standard InChI is InChI=1S/C9H11NS3/c1-7(2)6-8-4-3-5-9(10-8)12-13-11/h3-5,11H,1,6H2,2H3. The van der Waals surface area contributed by atoms with Crippen LogP contribution in [-0.2, 0) is 6.42 Å². The molecule has 0 saturated heterocycles. The van der Waals surface area contributed by atoms with Gasteiger partial charge in [-0.05, 0) is 39.7 Å². The molecule has 70 valence electrons. The van der Waals surface area contributed by atoms with Gasteiger partial charge in [-0.1, -0.05) is 29.9 Å². The third-order valence-electron chi connectivity index (χ3n) is 1.39. The lowest BCUT2D eigenvalue weighted by Crippen LogP contribution is -1.90. The van der Waals surface area contributed by atoms with Crippen LogP contribution >= 0.6 is 32.3 Å². The average Bonchev–Trinajstić information content (AvgIpc) is 2.04. The average molecular weight is 229 g/mol. The summed E-state index contributed by atoms with van der Waals surface area (Å²) in [6.45, 7) is 5.87. The molecule has 0 radical (unpaired) electrons. The maximum atomic E-state index is 4.44. The van der Waals surface area contributed by atoms with Crippen LogP contribution in [0.4, 0.5) is 0 Å². The van der Waals surface area contributed by atoms with Crippen molar-refractivity contribution in [1.29, 1.82) is 0 Å². The largest absolute Gasteiger partial charge is 0.245 e. The van der Waals surface area contributed by atoms with E-state index < -0.39 is 0 Å². The Kier molecular flexibility index (Phi) is 4.77. The molecular weight excluding hydrogens is 218 g/mol. The van der Waals surface area contributed by atoms with Gasteiger partial charge in [0.25, 0.3) is 0 Å². The minimum Gasteiger partial charge on any atom is -0.245 e. The number of rotatable bonds is 4. The molecule has 0 aliphatic rings. The van der Waals surface area contributed by atoms with Crippen molar-refractivity contribution in [3.63, 3.8) is 0 Å². The molecule has 0 fully saturated rings. The van der Waals surface area contributed by atoms with E-state index in [4.69, 9.17) is 0 Å². The molecule has 1 nitrogen and oxygen atoms in total. The van der Waals surface area contributed by atoms with E-state index in [-0.39, 0.29) is 0 Å². The van der Waals surface area contributed by atoms with Crippen molar-refractivity contribution in [3.8, 4) is 0 Å². The number of allylic oxidation sites excluding steroid dienone is 1. The second-order valence-electron chi connectivity index (χ2n) is 2.76. The minimum atomic E-state index is 0.853. The second-order valence-corrected chi connectivity index (χ2v) is 5.78. The predicted octanol–water partition coefficient (Wildman–Crippen LogP) is 3.79. The van der Waals surface area contributed by atoms with Crippen molar-refractivity contribution in [2.24, 2.45) is 0 Å². The van der Waals surface area contributed by atoms with Gasteiger partial charge in [0.1, 0.15) is 5.03 Å². The lowest BCUT2D eigenvalue weighted by molar-refractivity contribution is 0.989. The van der Waals surface area contributed by atoms with E-state index in [1.165, 1.54) is 9.83 Å². The van der Waals surface area contributed by atoms with E-state index in [1.54, 1.807) is 10.8 Å². The zero-order valence-corrected chi connectivity index (χ0v) is 9.88. The summed E-state index contributed by atoms with van der Waals surface area (Å²) in [5.41, 5.74) is 2.20. The van der Waals surface area contributed by atoms with Crippen molar-refractivity contribution >= 4 is 32.3 Å². The number of nitrogens with zero attached hydrogens (tertiary/aromatic N) is 1. The highest BCUT2D eigenvalue weighted by Gasteiger charge is 1.98. The predicted molar refractivity (Wildman–Crippen MR) is 65.2 cm³/mol. The second kappa shape index (κ2) is 5.62. The van der Waals surface area contributed by atoms with E-state index in [1.807, 2.05) is 25.1 Å². The van der Waals surface area contributed by atoms with Crippen LogP contribution in [0.2, 0.25) is 0 Å². The highest BCUT2D eigenvalue weighted by atomic mass is 33.5. The molecule has 0 saturated carbocycles. The summed E-state index contributed by atoms with van der Waals surface area (Å²) < 4.78 is 0. The molecule has 1 rings (SSSR count). The number of hydrogen-bond acceptors (Lipinski definition) is 4. The number of thiol groups is 1. The van der Waals surface area contributed by atoms with Gasteiger partial charge in [0.15, 0.2) is 0 Å². The van der Waals surface area contributed by atoms with E-state index in [2.05, 4.69) is 23.2 Å². The van der Waals surface area contributed by atoms with Crippen LogP contribution in [0, 0.1) is 0 Å². The maximum Gasteiger partial charge on any atom is 0.108 e. The van der Waals surface area contributed by atoms with Crippen molar-refractivity contribution in [3.05, 3.63) is 36.0 Å². The van der Waals surface area contributed by atoms with Crippen LogP contribution in [-0.4, -0.2) is 4.98 Å². The van der Waals surface area contributed by atoms with Crippen molar-refractivity contribution in [1.82, 2.24) is 4.98 Å². The Balaban J connectivity index is 2.73. The Labute approximate surface area is 91.6 Å². The molecule has 1 aromatic heterocycles. The van der Waals surface area contributed by atoms with Gasteiger partial charge in [0.2, 0.25) is 0 Å².